The summed E-state index contributed by atoms with van der Waals surface area (Å²) in [5, 5.41) is 0. The van der Waals surface area contributed by atoms with Crippen LogP contribution in [0.1, 0.15) is 41.0 Å². The molecule has 1 rings (SSSR count). The average molecular weight is 182 g/mol. The van der Waals surface area contributed by atoms with E-state index in [1.807, 2.05) is 20.8 Å². The fraction of sp³-hybridized carbons (Fsp3) is 0.818. The highest BCUT2D eigenvalue weighted by Crippen LogP contribution is 2.43. The maximum atomic E-state index is 12.0. The van der Waals surface area contributed by atoms with Gasteiger partial charge in [-0.25, -0.2) is 0 Å². The summed E-state index contributed by atoms with van der Waals surface area (Å²) in [4.78, 5) is 23.6. The Labute approximate surface area is 79.7 Å². The van der Waals surface area contributed by atoms with Gasteiger partial charge in [0.15, 0.2) is 5.78 Å². The molecule has 1 saturated carbocycles. The molecule has 13 heavy (non-hydrogen) atoms. The van der Waals surface area contributed by atoms with Crippen LogP contribution in [0.3, 0.4) is 0 Å². The molecule has 1 aliphatic rings. The van der Waals surface area contributed by atoms with E-state index in [1.165, 1.54) is 0 Å². The first-order chi connectivity index (χ1) is 5.70. The monoisotopic (exact) mass is 182 g/mol. The highest BCUT2D eigenvalue weighted by molar-refractivity contribution is 6.10. The highest BCUT2D eigenvalue weighted by atomic mass is 16.2. The van der Waals surface area contributed by atoms with Gasteiger partial charge >= 0.3 is 0 Å². The number of hydrogen-bond donors (Lipinski definition) is 0. The Morgan fingerprint density at radius 2 is 1.62 bits per heavy atom. The number of hydrogen-bond acceptors (Lipinski definition) is 2. The first-order valence-electron chi connectivity index (χ1n) is 4.79. The van der Waals surface area contributed by atoms with E-state index in [2.05, 4.69) is 0 Å². The lowest BCUT2D eigenvalue weighted by molar-refractivity contribution is -0.152. The van der Waals surface area contributed by atoms with E-state index in [0.29, 0.717) is 6.42 Å². The lowest BCUT2D eigenvalue weighted by Crippen LogP contribution is -2.51. The molecule has 1 aliphatic carbocycles. The fourth-order valence-electron chi connectivity index (χ4n) is 1.94. The van der Waals surface area contributed by atoms with Gasteiger partial charge in [0, 0.05) is 11.8 Å². The molecule has 0 aromatic carbocycles. The van der Waals surface area contributed by atoms with Crippen LogP contribution >= 0.6 is 0 Å². The van der Waals surface area contributed by atoms with Crippen LogP contribution in [0.4, 0.5) is 0 Å². The fourth-order valence-corrected chi connectivity index (χ4v) is 1.94. The predicted molar refractivity (Wildman–Crippen MR) is 51.4 cm³/mol. The van der Waals surface area contributed by atoms with Crippen molar-refractivity contribution < 1.29 is 9.59 Å². The summed E-state index contributed by atoms with van der Waals surface area (Å²) in [5.74, 6) is 0.341. The van der Waals surface area contributed by atoms with Gasteiger partial charge in [0.2, 0.25) is 0 Å². The predicted octanol–water partition coefficient (Wildman–Crippen LogP) is 2.22. The minimum atomic E-state index is -0.768. The van der Waals surface area contributed by atoms with E-state index < -0.39 is 5.41 Å². The molecule has 0 bridgehead atoms. The molecule has 74 valence electrons. The van der Waals surface area contributed by atoms with Gasteiger partial charge in [0.05, 0.1) is 5.41 Å². The number of carbonyl (C=O) groups is 2. The SMILES string of the molecule is CC1CC(=O)C(C)(C)C(=O)C1(C)C. The topological polar surface area (TPSA) is 34.1 Å². The quantitative estimate of drug-likeness (QED) is 0.538. The average Bonchev–Trinajstić information content (AvgIpc) is 2.00. The van der Waals surface area contributed by atoms with Gasteiger partial charge in [0.25, 0.3) is 0 Å². The largest absolute Gasteiger partial charge is 0.299 e. The number of ketones is 2. The molecule has 2 nitrogen and oxygen atoms in total. The second-order valence-electron chi connectivity index (χ2n) is 5.20. The summed E-state index contributed by atoms with van der Waals surface area (Å²) >= 11 is 0. The van der Waals surface area contributed by atoms with E-state index in [9.17, 15) is 9.59 Å². The normalized spacial score (nSPS) is 31.9. The summed E-state index contributed by atoms with van der Waals surface area (Å²) in [6.45, 7) is 9.34. The van der Waals surface area contributed by atoms with Gasteiger partial charge in [0.1, 0.15) is 5.78 Å². The van der Waals surface area contributed by atoms with Crippen LogP contribution in [0, 0.1) is 16.7 Å². The zero-order valence-corrected chi connectivity index (χ0v) is 9.10. The molecule has 1 atom stereocenters. The molecular formula is C11H18O2. The van der Waals surface area contributed by atoms with Crippen LogP contribution in [0.15, 0.2) is 0 Å². The molecule has 0 aliphatic heterocycles. The maximum Gasteiger partial charge on any atom is 0.151 e. The van der Waals surface area contributed by atoms with Gasteiger partial charge in [-0.05, 0) is 19.8 Å². The lowest BCUT2D eigenvalue weighted by atomic mass is 9.59. The van der Waals surface area contributed by atoms with E-state index in [0.717, 1.165) is 0 Å². The summed E-state index contributed by atoms with van der Waals surface area (Å²) in [7, 11) is 0. The number of Topliss-reactive ketones (excluding diaryl/α,β-unsaturated/α-hetero) is 2. The van der Waals surface area contributed by atoms with Crippen LogP contribution in [0.2, 0.25) is 0 Å². The first kappa shape index (κ1) is 10.4. The Bertz CT molecular complexity index is 261. The van der Waals surface area contributed by atoms with Crippen LogP contribution in [-0.4, -0.2) is 11.6 Å². The molecule has 0 heterocycles. The molecule has 0 radical (unpaired) electrons. The Kier molecular flexibility index (Phi) is 2.13. The Morgan fingerprint density at radius 3 is 2.08 bits per heavy atom. The van der Waals surface area contributed by atoms with Crippen molar-refractivity contribution in [1.82, 2.24) is 0 Å². The van der Waals surface area contributed by atoms with Crippen molar-refractivity contribution in [1.29, 1.82) is 0 Å². The Hall–Kier alpha value is -0.660. The lowest BCUT2D eigenvalue weighted by Gasteiger charge is -2.42. The molecule has 1 unspecified atom stereocenters. The second-order valence-corrected chi connectivity index (χ2v) is 5.20. The third kappa shape index (κ3) is 1.32. The van der Waals surface area contributed by atoms with Crippen molar-refractivity contribution in [3.05, 3.63) is 0 Å². The first-order valence-corrected chi connectivity index (χ1v) is 4.79. The van der Waals surface area contributed by atoms with E-state index in [4.69, 9.17) is 0 Å². The second kappa shape index (κ2) is 2.66. The van der Waals surface area contributed by atoms with Crippen molar-refractivity contribution in [2.75, 3.05) is 0 Å². The third-order valence-electron chi connectivity index (χ3n) is 3.57. The van der Waals surface area contributed by atoms with Gasteiger partial charge in [-0.15, -0.1) is 0 Å². The molecule has 0 spiro atoms. The Morgan fingerprint density at radius 1 is 1.15 bits per heavy atom. The summed E-state index contributed by atoms with van der Waals surface area (Å²) in [6, 6.07) is 0. The zero-order valence-electron chi connectivity index (χ0n) is 9.10. The third-order valence-corrected chi connectivity index (χ3v) is 3.57. The molecular weight excluding hydrogens is 164 g/mol. The summed E-state index contributed by atoms with van der Waals surface area (Å²) in [5.41, 5.74) is -1.12. The van der Waals surface area contributed by atoms with E-state index in [1.54, 1.807) is 13.8 Å². The molecule has 0 amide bonds. The molecule has 0 aromatic heterocycles. The number of carbonyl (C=O) groups excluding carboxylic acids is 2. The molecule has 0 N–H and O–H groups in total. The zero-order chi connectivity index (χ0) is 10.4. The van der Waals surface area contributed by atoms with Gasteiger partial charge in [-0.2, -0.15) is 0 Å². The molecule has 0 aromatic rings. The van der Waals surface area contributed by atoms with Crippen LogP contribution in [-0.2, 0) is 9.59 Å². The minimum Gasteiger partial charge on any atom is -0.299 e. The van der Waals surface area contributed by atoms with Crippen LogP contribution in [0.5, 0.6) is 0 Å². The standard InChI is InChI=1S/C11H18O2/c1-7-6-8(12)11(4,5)9(13)10(7,2)3/h7H,6H2,1-5H3. The molecule has 0 saturated heterocycles. The summed E-state index contributed by atoms with van der Waals surface area (Å²) < 4.78 is 0. The summed E-state index contributed by atoms with van der Waals surface area (Å²) in [6.07, 6.45) is 0.533. The van der Waals surface area contributed by atoms with Crippen LogP contribution in [0.25, 0.3) is 0 Å². The number of rotatable bonds is 0. The van der Waals surface area contributed by atoms with Crippen molar-refractivity contribution in [2.24, 2.45) is 16.7 Å². The minimum absolute atomic E-state index is 0.0868. The highest BCUT2D eigenvalue weighted by Gasteiger charge is 2.51. The van der Waals surface area contributed by atoms with Gasteiger partial charge < -0.3 is 0 Å². The van der Waals surface area contributed by atoms with Gasteiger partial charge in [-0.1, -0.05) is 20.8 Å². The van der Waals surface area contributed by atoms with Gasteiger partial charge in [-0.3, -0.25) is 9.59 Å². The maximum absolute atomic E-state index is 12.0. The smallest absolute Gasteiger partial charge is 0.151 e. The molecule has 2 heteroatoms. The molecule has 1 fully saturated rings. The van der Waals surface area contributed by atoms with Crippen molar-refractivity contribution in [2.45, 2.75) is 41.0 Å². The van der Waals surface area contributed by atoms with Crippen LogP contribution < -0.4 is 0 Å². The van der Waals surface area contributed by atoms with Crippen molar-refractivity contribution >= 4 is 11.6 Å². The van der Waals surface area contributed by atoms with Crippen molar-refractivity contribution in [3.8, 4) is 0 Å². The van der Waals surface area contributed by atoms with Crippen molar-refractivity contribution in [3.63, 3.8) is 0 Å². The van der Waals surface area contributed by atoms with E-state index >= 15 is 0 Å². The Balaban J connectivity index is 3.11. The van der Waals surface area contributed by atoms with E-state index in [-0.39, 0.29) is 22.9 Å².